The van der Waals surface area contributed by atoms with E-state index in [0.29, 0.717) is 11.3 Å². The van der Waals surface area contributed by atoms with Crippen molar-refractivity contribution in [1.29, 1.82) is 0 Å². The van der Waals surface area contributed by atoms with Gasteiger partial charge in [0.15, 0.2) is 0 Å². The van der Waals surface area contributed by atoms with Gasteiger partial charge in [-0.2, -0.15) is 0 Å². The first-order valence-electron chi connectivity index (χ1n) is 4.77. The van der Waals surface area contributed by atoms with Crippen LogP contribution in [-0.4, -0.2) is 24.2 Å². The summed E-state index contributed by atoms with van der Waals surface area (Å²) < 4.78 is 18.5. The highest BCUT2D eigenvalue weighted by Crippen LogP contribution is 2.22. The normalized spacial score (nSPS) is 12.2. The van der Waals surface area contributed by atoms with Crippen LogP contribution >= 0.6 is 0 Å². The van der Waals surface area contributed by atoms with Crippen molar-refractivity contribution < 1.29 is 19.0 Å². The minimum absolute atomic E-state index is 0.0577. The van der Waals surface area contributed by atoms with Crippen molar-refractivity contribution in [2.24, 2.45) is 5.73 Å². The van der Waals surface area contributed by atoms with E-state index in [9.17, 15) is 9.18 Å². The van der Waals surface area contributed by atoms with E-state index in [2.05, 4.69) is 0 Å². The molecule has 1 aromatic rings. The lowest BCUT2D eigenvalue weighted by Gasteiger charge is -2.11. The molecule has 0 aliphatic heterocycles. The Morgan fingerprint density at radius 3 is 2.75 bits per heavy atom. The van der Waals surface area contributed by atoms with E-state index in [0.717, 1.165) is 0 Å². The van der Waals surface area contributed by atoms with Crippen molar-refractivity contribution in [2.45, 2.75) is 19.4 Å². The zero-order valence-electron chi connectivity index (χ0n) is 9.16. The average Bonchev–Trinajstić information content (AvgIpc) is 2.21. The van der Waals surface area contributed by atoms with Crippen LogP contribution in [0.2, 0.25) is 0 Å². The van der Waals surface area contributed by atoms with Crippen molar-refractivity contribution in [3.05, 3.63) is 29.1 Å². The van der Waals surface area contributed by atoms with Crippen LogP contribution in [0.1, 0.15) is 11.1 Å². The first-order valence-corrected chi connectivity index (χ1v) is 4.77. The lowest BCUT2D eigenvalue weighted by molar-refractivity contribution is -0.138. The number of carboxylic acid groups (broad SMARTS) is 1. The van der Waals surface area contributed by atoms with Gasteiger partial charge in [0.2, 0.25) is 0 Å². The summed E-state index contributed by atoms with van der Waals surface area (Å²) >= 11 is 0. The molecule has 1 rings (SSSR count). The second-order valence-corrected chi connectivity index (χ2v) is 3.56. The van der Waals surface area contributed by atoms with E-state index in [-0.39, 0.29) is 12.0 Å². The predicted molar refractivity (Wildman–Crippen MR) is 57.0 cm³/mol. The molecule has 0 spiro atoms. The monoisotopic (exact) mass is 227 g/mol. The Morgan fingerprint density at radius 2 is 2.25 bits per heavy atom. The van der Waals surface area contributed by atoms with Gasteiger partial charge in [-0.15, -0.1) is 0 Å². The molecule has 1 atom stereocenters. The van der Waals surface area contributed by atoms with E-state index in [4.69, 9.17) is 15.6 Å². The lowest BCUT2D eigenvalue weighted by Crippen LogP contribution is -2.32. The van der Waals surface area contributed by atoms with Crippen molar-refractivity contribution in [3.63, 3.8) is 0 Å². The van der Waals surface area contributed by atoms with Crippen LogP contribution in [0, 0.1) is 12.7 Å². The van der Waals surface area contributed by atoms with E-state index in [1.807, 2.05) is 0 Å². The van der Waals surface area contributed by atoms with Crippen LogP contribution in [0.3, 0.4) is 0 Å². The number of hydrogen-bond donors (Lipinski definition) is 2. The van der Waals surface area contributed by atoms with E-state index < -0.39 is 17.8 Å². The summed E-state index contributed by atoms with van der Waals surface area (Å²) in [6.07, 6.45) is -0.0577. The summed E-state index contributed by atoms with van der Waals surface area (Å²) in [5.41, 5.74) is 6.25. The molecule has 1 aromatic carbocycles. The molecule has 0 bridgehead atoms. The molecular formula is C11H14FNO3. The standard InChI is InChI=1S/C11H14FNO3/c1-6-3-8(12)7(5-10(6)16-2)4-9(13)11(14)15/h3,5,9H,4,13H2,1-2H3,(H,14,15). The maximum atomic E-state index is 13.5. The van der Waals surface area contributed by atoms with Crippen molar-refractivity contribution in [1.82, 2.24) is 0 Å². The first-order chi connectivity index (χ1) is 7.45. The summed E-state index contributed by atoms with van der Waals surface area (Å²) in [7, 11) is 1.47. The van der Waals surface area contributed by atoms with Crippen LogP contribution in [0.15, 0.2) is 12.1 Å². The molecule has 0 fully saturated rings. The van der Waals surface area contributed by atoms with Crippen LogP contribution < -0.4 is 10.5 Å². The van der Waals surface area contributed by atoms with Gasteiger partial charge in [0.1, 0.15) is 17.6 Å². The van der Waals surface area contributed by atoms with E-state index in [1.165, 1.54) is 19.2 Å². The van der Waals surface area contributed by atoms with Gasteiger partial charge in [-0.25, -0.2) is 4.39 Å². The van der Waals surface area contributed by atoms with Gasteiger partial charge in [-0.05, 0) is 30.2 Å². The average molecular weight is 227 g/mol. The second-order valence-electron chi connectivity index (χ2n) is 3.56. The van der Waals surface area contributed by atoms with Gasteiger partial charge < -0.3 is 15.6 Å². The summed E-state index contributed by atoms with van der Waals surface area (Å²) in [5, 5.41) is 8.64. The predicted octanol–water partition coefficient (Wildman–Crippen LogP) is 1.10. The summed E-state index contributed by atoms with van der Waals surface area (Å²) in [5.74, 6) is -1.09. The number of ether oxygens (including phenoxy) is 1. The molecule has 0 aliphatic carbocycles. The topological polar surface area (TPSA) is 72.5 Å². The molecule has 16 heavy (non-hydrogen) atoms. The number of hydrogen-bond acceptors (Lipinski definition) is 3. The maximum Gasteiger partial charge on any atom is 0.320 e. The number of benzene rings is 1. The fourth-order valence-electron chi connectivity index (χ4n) is 1.40. The number of rotatable bonds is 4. The third kappa shape index (κ3) is 2.70. The van der Waals surface area contributed by atoms with E-state index >= 15 is 0 Å². The zero-order chi connectivity index (χ0) is 12.3. The molecule has 0 amide bonds. The minimum Gasteiger partial charge on any atom is -0.496 e. The molecule has 0 aromatic heterocycles. The zero-order valence-corrected chi connectivity index (χ0v) is 9.16. The van der Waals surface area contributed by atoms with Crippen molar-refractivity contribution in [2.75, 3.05) is 7.11 Å². The molecule has 1 unspecified atom stereocenters. The molecule has 5 heteroatoms. The Bertz CT molecular complexity index is 406. The Hall–Kier alpha value is -1.62. The quantitative estimate of drug-likeness (QED) is 0.807. The molecule has 0 radical (unpaired) electrons. The van der Waals surface area contributed by atoms with Crippen LogP contribution in [-0.2, 0) is 11.2 Å². The molecule has 88 valence electrons. The number of halogens is 1. The highest BCUT2D eigenvalue weighted by molar-refractivity contribution is 5.73. The molecule has 0 heterocycles. The summed E-state index contributed by atoms with van der Waals surface area (Å²) in [6.45, 7) is 1.71. The molecule has 0 aliphatic rings. The SMILES string of the molecule is COc1cc(CC(N)C(=O)O)c(F)cc1C. The molecule has 4 nitrogen and oxygen atoms in total. The maximum absolute atomic E-state index is 13.5. The minimum atomic E-state index is -1.15. The van der Waals surface area contributed by atoms with Gasteiger partial charge in [0.25, 0.3) is 0 Å². The Balaban J connectivity index is 3.00. The number of nitrogens with two attached hydrogens (primary N) is 1. The van der Waals surface area contributed by atoms with Gasteiger partial charge in [0.05, 0.1) is 7.11 Å². The van der Waals surface area contributed by atoms with E-state index in [1.54, 1.807) is 6.92 Å². The second kappa shape index (κ2) is 4.94. The van der Waals surface area contributed by atoms with Crippen LogP contribution in [0.4, 0.5) is 4.39 Å². The van der Waals surface area contributed by atoms with Gasteiger partial charge in [0, 0.05) is 6.42 Å². The Kier molecular flexibility index (Phi) is 3.84. The van der Waals surface area contributed by atoms with Gasteiger partial charge in [-0.3, -0.25) is 4.79 Å². The molecule has 3 N–H and O–H groups in total. The highest BCUT2D eigenvalue weighted by Gasteiger charge is 2.16. The molecule has 0 saturated carbocycles. The fourth-order valence-corrected chi connectivity index (χ4v) is 1.40. The highest BCUT2D eigenvalue weighted by atomic mass is 19.1. The molecular weight excluding hydrogens is 213 g/mol. The fraction of sp³-hybridized carbons (Fsp3) is 0.364. The third-order valence-corrected chi connectivity index (χ3v) is 2.32. The third-order valence-electron chi connectivity index (χ3n) is 2.32. The van der Waals surface area contributed by atoms with Crippen LogP contribution in [0.5, 0.6) is 5.75 Å². The molecule has 0 saturated heterocycles. The Morgan fingerprint density at radius 1 is 1.62 bits per heavy atom. The number of carbonyl (C=O) groups is 1. The number of aliphatic carboxylic acids is 1. The number of methoxy groups -OCH3 is 1. The Labute approximate surface area is 92.8 Å². The van der Waals surface area contributed by atoms with Crippen LogP contribution in [0.25, 0.3) is 0 Å². The summed E-state index contributed by atoms with van der Waals surface area (Å²) in [6, 6.07) is 1.68. The van der Waals surface area contributed by atoms with Gasteiger partial charge in [-0.1, -0.05) is 0 Å². The van der Waals surface area contributed by atoms with Crippen molar-refractivity contribution in [3.8, 4) is 5.75 Å². The first kappa shape index (κ1) is 12.4. The lowest BCUT2D eigenvalue weighted by atomic mass is 10.0. The number of carboxylic acids is 1. The van der Waals surface area contributed by atoms with Crippen molar-refractivity contribution >= 4 is 5.97 Å². The van der Waals surface area contributed by atoms with Gasteiger partial charge >= 0.3 is 5.97 Å². The number of aryl methyl sites for hydroxylation is 1. The smallest absolute Gasteiger partial charge is 0.320 e. The summed E-state index contributed by atoms with van der Waals surface area (Å²) in [4.78, 5) is 10.6. The largest absolute Gasteiger partial charge is 0.496 e.